The predicted molar refractivity (Wildman–Crippen MR) is 66.9 cm³/mol. The van der Waals surface area contributed by atoms with Crippen molar-refractivity contribution in [3.05, 3.63) is 24.3 Å². The van der Waals surface area contributed by atoms with Gasteiger partial charge in [-0.25, -0.2) is 4.79 Å². The highest BCUT2D eigenvalue weighted by molar-refractivity contribution is 5.94. The van der Waals surface area contributed by atoms with Gasteiger partial charge in [0.1, 0.15) is 6.42 Å². The normalized spacial score (nSPS) is 9.45. The summed E-state index contributed by atoms with van der Waals surface area (Å²) in [5.74, 6) is -1.50. The van der Waals surface area contributed by atoms with E-state index in [0.29, 0.717) is 0 Å². The summed E-state index contributed by atoms with van der Waals surface area (Å²) in [6.45, 7) is -0.442. The Bertz CT molecular complexity index is 502. The van der Waals surface area contributed by atoms with E-state index in [9.17, 15) is 19.5 Å². The van der Waals surface area contributed by atoms with Crippen LogP contribution in [0, 0.1) is 0 Å². The smallest absolute Gasteiger partial charge is 0.415 e. The highest BCUT2D eigenvalue weighted by Crippen LogP contribution is 2.24. The quantitative estimate of drug-likeness (QED) is 0.401. The van der Waals surface area contributed by atoms with Gasteiger partial charge in [0.15, 0.2) is 18.2 Å². The molecular formula is C12H14N2O6. The van der Waals surface area contributed by atoms with Crippen molar-refractivity contribution in [2.45, 2.75) is 6.42 Å². The minimum absolute atomic E-state index is 0.0262. The topological polar surface area (TPSA) is 114 Å². The highest BCUT2D eigenvalue weighted by Gasteiger charge is 2.11. The number of esters is 1. The predicted octanol–water partition coefficient (Wildman–Crippen LogP) is 0.117. The van der Waals surface area contributed by atoms with Gasteiger partial charge < -0.3 is 19.9 Å². The summed E-state index contributed by atoms with van der Waals surface area (Å²) < 4.78 is 9.34. The van der Waals surface area contributed by atoms with E-state index in [2.05, 4.69) is 15.4 Å². The molecule has 0 radical (unpaired) electrons. The van der Waals surface area contributed by atoms with Crippen molar-refractivity contribution in [1.82, 2.24) is 10.6 Å². The van der Waals surface area contributed by atoms with Crippen molar-refractivity contribution in [3.63, 3.8) is 0 Å². The summed E-state index contributed by atoms with van der Waals surface area (Å²) in [6.07, 6.45) is -1.34. The van der Waals surface area contributed by atoms with Crippen LogP contribution in [0.2, 0.25) is 0 Å². The van der Waals surface area contributed by atoms with Crippen molar-refractivity contribution in [2.24, 2.45) is 0 Å². The zero-order valence-electron chi connectivity index (χ0n) is 10.7. The van der Waals surface area contributed by atoms with Gasteiger partial charge in [0.25, 0.3) is 0 Å². The number of amides is 2. The lowest BCUT2D eigenvalue weighted by molar-refractivity contribution is -0.146. The Kier molecular flexibility index (Phi) is 5.82. The molecule has 8 nitrogen and oxygen atoms in total. The van der Waals surface area contributed by atoms with Crippen LogP contribution in [0.5, 0.6) is 11.5 Å². The average molecular weight is 282 g/mol. The average Bonchev–Trinajstić information content (AvgIpc) is 2.41. The number of para-hydroxylation sites is 2. The standard InChI is InChI=1S/C12H14N2O6/c1-13-10(16)6-11(17)19-7-14-12(18)20-9-5-3-2-4-8(9)15/h2-5,15H,6-7H2,1H3,(H,13,16)(H,14,18). The van der Waals surface area contributed by atoms with E-state index in [-0.39, 0.29) is 11.5 Å². The molecule has 1 aromatic carbocycles. The second-order valence-corrected chi connectivity index (χ2v) is 3.54. The second kappa shape index (κ2) is 7.62. The third kappa shape index (κ3) is 5.25. The van der Waals surface area contributed by atoms with Gasteiger partial charge in [0, 0.05) is 7.05 Å². The minimum atomic E-state index is -0.903. The summed E-state index contributed by atoms with van der Waals surface area (Å²) in [4.78, 5) is 33.2. The summed E-state index contributed by atoms with van der Waals surface area (Å²) >= 11 is 0. The molecule has 2 amide bonds. The molecule has 20 heavy (non-hydrogen) atoms. The molecule has 0 spiro atoms. The second-order valence-electron chi connectivity index (χ2n) is 3.54. The molecule has 108 valence electrons. The fourth-order valence-electron chi connectivity index (χ4n) is 1.13. The van der Waals surface area contributed by atoms with E-state index >= 15 is 0 Å². The highest BCUT2D eigenvalue weighted by atomic mass is 16.6. The fourth-order valence-corrected chi connectivity index (χ4v) is 1.13. The van der Waals surface area contributed by atoms with Gasteiger partial charge in [-0.2, -0.15) is 0 Å². The Hall–Kier alpha value is -2.77. The number of carbonyl (C=O) groups excluding carboxylic acids is 3. The van der Waals surface area contributed by atoms with Crippen molar-refractivity contribution >= 4 is 18.0 Å². The van der Waals surface area contributed by atoms with Gasteiger partial charge in [-0.15, -0.1) is 0 Å². The molecule has 0 aliphatic carbocycles. The van der Waals surface area contributed by atoms with Crippen LogP contribution in [0.25, 0.3) is 0 Å². The molecule has 0 aliphatic rings. The summed E-state index contributed by atoms with van der Waals surface area (Å²) in [7, 11) is 1.39. The SMILES string of the molecule is CNC(=O)CC(=O)OCNC(=O)Oc1ccccc1O. The maximum atomic E-state index is 11.3. The fraction of sp³-hybridized carbons (Fsp3) is 0.250. The van der Waals surface area contributed by atoms with Crippen molar-refractivity contribution in [2.75, 3.05) is 13.8 Å². The first kappa shape index (κ1) is 15.3. The first-order valence-electron chi connectivity index (χ1n) is 5.63. The van der Waals surface area contributed by atoms with E-state index in [1.165, 1.54) is 19.2 Å². The van der Waals surface area contributed by atoms with Crippen molar-refractivity contribution in [1.29, 1.82) is 0 Å². The number of rotatable bonds is 5. The van der Waals surface area contributed by atoms with E-state index in [4.69, 9.17) is 4.74 Å². The lowest BCUT2D eigenvalue weighted by atomic mass is 10.3. The number of hydrogen-bond acceptors (Lipinski definition) is 6. The van der Waals surface area contributed by atoms with E-state index in [1.807, 2.05) is 0 Å². The Labute approximate surface area is 114 Å². The van der Waals surface area contributed by atoms with Crippen molar-refractivity contribution in [3.8, 4) is 11.5 Å². The number of nitrogens with one attached hydrogen (secondary N) is 2. The van der Waals surface area contributed by atoms with Crippen LogP contribution in [-0.2, 0) is 14.3 Å². The zero-order valence-corrected chi connectivity index (χ0v) is 10.7. The largest absolute Gasteiger partial charge is 0.504 e. The van der Waals surface area contributed by atoms with Gasteiger partial charge >= 0.3 is 12.1 Å². The van der Waals surface area contributed by atoms with Gasteiger partial charge in [0.2, 0.25) is 5.91 Å². The molecule has 0 unspecified atom stereocenters. The molecule has 0 fully saturated rings. The maximum Gasteiger partial charge on any atom is 0.415 e. The number of aromatic hydroxyl groups is 1. The molecule has 0 heterocycles. The van der Waals surface area contributed by atoms with E-state index in [0.717, 1.165) is 0 Å². The molecule has 0 aromatic heterocycles. The summed E-state index contributed by atoms with van der Waals surface area (Å²) in [5, 5.41) is 13.8. The van der Waals surface area contributed by atoms with Crippen LogP contribution in [0.3, 0.4) is 0 Å². The lowest BCUT2D eigenvalue weighted by Gasteiger charge is -2.08. The molecular weight excluding hydrogens is 268 g/mol. The van der Waals surface area contributed by atoms with Crippen LogP contribution < -0.4 is 15.4 Å². The first-order valence-corrected chi connectivity index (χ1v) is 5.63. The molecule has 0 saturated carbocycles. The Morgan fingerprint density at radius 1 is 1.25 bits per heavy atom. The number of hydrogen-bond donors (Lipinski definition) is 3. The molecule has 0 aliphatic heterocycles. The number of benzene rings is 1. The Morgan fingerprint density at radius 2 is 1.95 bits per heavy atom. The van der Waals surface area contributed by atoms with Crippen LogP contribution in [0.1, 0.15) is 6.42 Å². The number of phenols is 1. The molecule has 0 atom stereocenters. The Morgan fingerprint density at radius 3 is 2.60 bits per heavy atom. The molecule has 3 N–H and O–H groups in total. The molecule has 8 heteroatoms. The number of ether oxygens (including phenoxy) is 2. The number of phenolic OH excluding ortho intramolecular Hbond substituents is 1. The Balaban J connectivity index is 2.29. The monoisotopic (exact) mass is 282 g/mol. The minimum Gasteiger partial charge on any atom is -0.504 e. The van der Waals surface area contributed by atoms with Crippen LogP contribution >= 0.6 is 0 Å². The van der Waals surface area contributed by atoms with Gasteiger partial charge in [-0.05, 0) is 12.1 Å². The van der Waals surface area contributed by atoms with Crippen molar-refractivity contribution < 1.29 is 29.0 Å². The maximum absolute atomic E-state index is 11.3. The van der Waals surface area contributed by atoms with Gasteiger partial charge in [-0.3, -0.25) is 14.9 Å². The van der Waals surface area contributed by atoms with E-state index < -0.39 is 31.1 Å². The molecule has 1 rings (SSSR count). The summed E-state index contributed by atoms with van der Waals surface area (Å²) in [6, 6.07) is 5.89. The van der Waals surface area contributed by atoms with E-state index in [1.54, 1.807) is 12.1 Å². The molecule has 0 bridgehead atoms. The van der Waals surface area contributed by atoms with Gasteiger partial charge in [-0.1, -0.05) is 12.1 Å². The summed E-state index contributed by atoms with van der Waals surface area (Å²) in [5.41, 5.74) is 0. The van der Waals surface area contributed by atoms with Crippen LogP contribution in [0.4, 0.5) is 4.79 Å². The lowest BCUT2D eigenvalue weighted by Crippen LogP contribution is -2.31. The van der Waals surface area contributed by atoms with Crippen LogP contribution in [0.15, 0.2) is 24.3 Å². The third-order valence-corrected chi connectivity index (χ3v) is 2.10. The third-order valence-electron chi connectivity index (χ3n) is 2.10. The van der Waals surface area contributed by atoms with Crippen LogP contribution in [-0.4, -0.2) is 36.9 Å². The van der Waals surface area contributed by atoms with Gasteiger partial charge in [0.05, 0.1) is 0 Å². The number of carbonyl (C=O) groups is 3. The molecule has 0 saturated heterocycles. The first-order chi connectivity index (χ1) is 9.52. The molecule has 1 aromatic rings. The zero-order chi connectivity index (χ0) is 15.0.